The van der Waals surface area contributed by atoms with Gasteiger partial charge in [-0.05, 0) is 64.9 Å². The summed E-state index contributed by atoms with van der Waals surface area (Å²) in [7, 11) is 1.41. The number of carbonyl (C=O) groups excluding carboxylic acids is 1. The molecule has 0 saturated carbocycles. The van der Waals surface area contributed by atoms with Crippen molar-refractivity contribution in [2.24, 2.45) is 0 Å². The van der Waals surface area contributed by atoms with Gasteiger partial charge in [0.15, 0.2) is 0 Å². The van der Waals surface area contributed by atoms with E-state index >= 15 is 0 Å². The molecule has 5 aromatic rings. The molecule has 5 aromatic carbocycles. The summed E-state index contributed by atoms with van der Waals surface area (Å²) >= 11 is 3.64. The van der Waals surface area contributed by atoms with Gasteiger partial charge in [-0.2, -0.15) is 0 Å². The van der Waals surface area contributed by atoms with Crippen molar-refractivity contribution in [2.75, 3.05) is 13.7 Å². The molecule has 0 bridgehead atoms. The van der Waals surface area contributed by atoms with Gasteiger partial charge in [-0.3, -0.25) is 4.79 Å². The van der Waals surface area contributed by atoms with E-state index < -0.39 is 42.4 Å². The summed E-state index contributed by atoms with van der Waals surface area (Å²) in [4.78, 5) is 14.1. The lowest BCUT2D eigenvalue weighted by Crippen LogP contribution is -2.63. The summed E-state index contributed by atoms with van der Waals surface area (Å²) in [5.41, 5.74) is 6.71. The van der Waals surface area contributed by atoms with E-state index in [-0.39, 0.29) is 13.2 Å². The lowest BCUT2D eigenvalue weighted by Gasteiger charge is -2.48. The van der Waals surface area contributed by atoms with Crippen molar-refractivity contribution in [2.45, 2.75) is 76.7 Å². The highest BCUT2D eigenvalue weighted by Gasteiger charge is 2.53. The van der Waals surface area contributed by atoms with Gasteiger partial charge in [0.25, 0.3) is 0 Å². The molecule has 6 atom stereocenters. The van der Waals surface area contributed by atoms with Gasteiger partial charge in [-0.15, -0.1) is 0 Å². The second kappa shape index (κ2) is 19.3. The number of benzene rings is 5. The van der Waals surface area contributed by atoms with Crippen LogP contribution in [0.2, 0.25) is 0 Å². The maximum Gasteiger partial charge on any atom is 0.315 e. The first-order valence-electron chi connectivity index (χ1n) is 18.0. The van der Waals surface area contributed by atoms with Crippen LogP contribution in [0.3, 0.4) is 0 Å². The van der Waals surface area contributed by atoms with E-state index in [1.807, 2.05) is 147 Å². The maximum atomic E-state index is 14.1. The van der Waals surface area contributed by atoms with Gasteiger partial charge in [0, 0.05) is 4.47 Å². The van der Waals surface area contributed by atoms with Gasteiger partial charge in [-0.1, -0.05) is 137 Å². The van der Waals surface area contributed by atoms with Gasteiger partial charge < -0.3 is 28.4 Å². The van der Waals surface area contributed by atoms with E-state index in [2.05, 4.69) is 15.9 Å². The SMILES string of the molecule is COC(=O)[C@@H](c1c(C)cc(Br)cc1C)[C@H]1O[C@H](COCc2ccccc2)[C@@H](OCc2ccccc2)[C@@H](OCc2ccccc2)[C@H]1OCc1ccccc1. The zero-order valence-electron chi connectivity index (χ0n) is 30.4. The fourth-order valence-corrected chi connectivity index (χ4v) is 7.74. The molecule has 1 saturated heterocycles. The molecule has 0 radical (unpaired) electrons. The topological polar surface area (TPSA) is 72.5 Å². The van der Waals surface area contributed by atoms with Crippen LogP contribution >= 0.6 is 15.9 Å². The van der Waals surface area contributed by atoms with Crippen LogP contribution < -0.4 is 0 Å². The predicted molar refractivity (Wildman–Crippen MR) is 208 cm³/mol. The minimum absolute atomic E-state index is 0.188. The molecule has 1 aliphatic rings. The summed E-state index contributed by atoms with van der Waals surface area (Å²) in [6.07, 6.45) is -3.51. The number of rotatable bonds is 16. The van der Waals surface area contributed by atoms with Crippen LogP contribution in [-0.2, 0) is 59.6 Å². The summed E-state index contributed by atoms with van der Waals surface area (Å²) in [6.45, 7) is 5.45. The third-order valence-corrected chi connectivity index (χ3v) is 10.0. The van der Waals surface area contributed by atoms with E-state index in [0.717, 1.165) is 43.4 Å². The quantitative estimate of drug-likeness (QED) is 0.0926. The number of halogens is 1. The van der Waals surface area contributed by atoms with Crippen molar-refractivity contribution in [3.8, 4) is 0 Å². The molecule has 1 heterocycles. The first-order chi connectivity index (χ1) is 25.9. The monoisotopic (exact) mass is 778 g/mol. The van der Waals surface area contributed by atoms with Crippen LogP contribution in [0.1, 0.15) is 44.9 Å². The Morgan fingerprint density at radius 3 is 1.49 bits per heavy atom. The molecule has 0 aliphatic carbocycles. The minimum Gasteiger partial charge on any atom is -0.468 e. The first-order valence-corrected chi connectivity index (χ1v) is 18.8. The maximum absolute atomic E-state index is 14.1. The van der Waals surface area contributed by atoms with Crippen LogP contribution in [0, 0.1) is 13.8 Å². The van der Waals surface area contributed by atoms with Crippen LogP contribution in [0.15, 0.2) is 138 Å². The number of hydrogen-bond donors (Lipinski definition) is 0. The molecule has 6 rings (SSSR count). The highest BCUT2D eigenvalue weighted by molar-refractivity contribution is 9.10. The number of hydrogen-bond acceptors (Lipinski definition) is 7. The molecule has 0 unspecified atom stereocenters. The van der Waals surface area contributed by atoms with Crippen LogP contribution in [0.4, 0.5) is 0 Å². The Kier molecular flexibility index (Phi) is 14.0. The fourth-order valence-electron chi connectivity index (χ4n) is 7.05. The van der Waals surface area contributed by atoms with E-state index in [1.165, 1.54) is 7.11 Å². The molecule has 8 heteroatoms. The molecule has 53 heavy (non-hydrogen) atoms. The molecule has 276 valence electrons. The van der Waals surface area contributed by atoms with Gasteiger partial charge in [0.05, 0.1) is 40.1 Å². The van der Waals surface area contributed by atoms with Crippen LogP contribution in [0.25, 0.3) is 0 Å². The number of aryl methyl sites for hydroxylation is 2. The lowest BCUT2D eigenvalue weighted by atomic mass is 9.80. The van der Waals surface area contributed by atoms with Crippen LogP contribution in [0.5, 0.6) is 0 Å². The van der Waals surface area contributed by atoms with Crippen LogP contribution in [-0.4, -0.2) is 50.2 Å². The van der Waals surface area contributed by atoms with Gasteiger partial charge in [0.1, 0.15) is 36.4 Å². The first kappa shape index (κ1) is 38.6. The van der Waals surface area contributed by atoms with Gasteiger partial charge >= 0.3 is 5.97 Å². The number of carbonyl (C=O) groups is 1. The number of esters is 1. The third kappa shape index (κ3) is 10.3. The summed E-state index contributed by atoms with van der Waals surface area (Å²) in [5.74, 6) is -1.27. The Labute approximate surface area is 321 Å². The smallest absolute Gasteiger partial charge is 0.315 e. The second-order valence-electron chi connectivity index (χ2n) is 13.4. The largest absolute Gasteiger partial charge is 0.468 e. The summed E-state index contributed by atoms with van der Waals surface area (Å²) < 4.78 is 40.6. The number of ether oxygens (including phenoxy) is 6. The Morgan fingerprint density at radius 1 is 0.623 bits per heavy atom. The average Bonchev–Trinajstić information content (AvgIpc) is 3.18. The Hall–Kier alpha value is -4.15. The Bertz CT molecular complexity index is 1830. The molecular weight excluding hydrogens is 732 g/mol. The summed E-state index contributed by atoms with van der Waals surface area (Å²) in [5, 5.41) is 0. The van der Waals surface area contributed by atoms with Crippen molar-refractivity contribution in [1.82, 2.24) is 0 Å². The normalized spacial score (nSPS) is 20.5. The van der Waals surface area contributed by atoms with E-state index in [0.29, 0.717) is 19.8 Å². The Morgan fingerprint density at radius 2 is 1.04 bits per heavy atom. The lowest BCUT2D eigenvalue weighted by molar-refractivity contribution is -0.276. The zero-order chi connectivity index (χ0) is 37.0. The van der Waals surface area contributed by atoms with Gasteiger partial charge in [-0.25, -0.2) is 0 Å². The van der Waals surface area contributed by atoms with Crippen molar-refractivity contribution >= 4 is 21.9 Å². The second-order valence-corrected chi connectivity index (χ2v) is 14.3. The standard InChI is InChI=1S/C45H47BrO7/c1-31-24-37(46)25-32(2)39(31)40(45(47)48-3)42-44(52-29-36-22-14-7-15-23-36)43(51-28-35-20-12-6-13-21-35)41(50-27-34-18-10-5-11-19-34)38(53-42)30-49-26-33-16-8-4-9-17-33/h4-25,38,40-44H,26-30H2,1-3H3/t38-,40+,41-,42-,43-,44+/m1/s1. The molecule has 1 fully saturated rings. The molecule has 1 aliphatic heterocycles. The van der Waals surface area contributed by atoms with Gasteiger partial charge in [0.2, 0.25) is 0 Å². The zero-order valence-corrected chi connectivity index (χ0v) is 32.0. The number of methoxy groups -OCH3 is 1. The van der Waals surface area contributed by atoms with Crippen molar-refractivity contribution in [3.63, 3.8) is 0 Å². The minimum atomic E-state index is -0.844. The molecule has 0 aromatic heterocycles. The molecule has 7 nitrogen and oxygen atoms in total. The highest BCUT2D eigenvalue weighted by atomic mass is 79.9. The summed E-state index contributed by atoms with van der Waals surface area (Å²) in [6, 6.07) is 44.1. The third-order valence-electron chi connectivity index (χ3n) is 9.57. The van der Waals surface area contributed by atoms with Crippen molar-refractivity contribution < 1.29 is 33.2 Å². The van der Waals surface area contributed by atoms with E-state index in [1.54, 1.807) is 0 Å². The molecule has 0 amide bonds. The highest BCUT2D eigenvalue weighted by Crippen LogP contribution is 2.40. The fraction of sp³-hybridized carbons (Fsp3) is 0.311. The molecule has 0 N–H and O–H groups in total. The average molecular weight is 780 g/mol. The molecular formula is C45H47BrO7. The predicted octanol–water partition coefficient (Wildman–Crippen LogP) is 9.06. The van der Waals surface area contributed by atoms with E-state index in [4.69, 9.17) is 28.4 Å². The van der Waals surface area contributed by atoms with E-state index in [9.17, 15) is 4.79 Å². The molecule has 0 spiro atoms. The Balaban J connectivity index is 1.44. The van der Waals surface area contributed by atoms with Crippen molar-refractivity contribution in [3.05, 3.63) is 177 Å². The van der Waals surface area contributed by atoms with Crippen molar-refractivity contribution in [1.29, 1.82) is 0 Å².